The molecule has 134 valence electrons. The Hall–Kier alpha value is -3.29. The summed E-state index contributed by atoms with van der Waals surface area (Å²) in [5.41, 5.74) is -1.40. The summed E-state index contributed by atoms with van der Waals surface area (Å²) >= 11 is 0. The largest absolute Gasteiger partial charge is 0.495 e. The van der Waals surface area contributed by atoms with Crippen molar-refractivity contribution in [3.05, 3.63) is 70.0 Å². The van der Waals surface area contributed by atoms with E-state index >= 15 is 0 Å². The van der Waals surface area contributed by atoms with E-state index in [0.29, 0.717) is 11.4 Å². The van der Waals surface area contributed by atoms with Crippen LogP contribution >= 0.6 is 0 Å². The van der Waals surface area contributed by atoms with E-state index in [1.807, 2.05) is 0 Å². The van der Waals surface area contributed by atoms with Crippen LogP contribution in [0.3, 0.4) is 0 Å². The molecule has 2 N–H and O–H groups in total. The summed E-state index contributed by atoms with van der Waals surface area (Å²) in [6.07, 6.45) is -3.43. The van der Waals surface area contributed by atoms with E-state index < -0.39 is 23.1 Å². The van der Waals surface area contributed by atoms with Gasteiger partial charge < -0.3 is 15.0 Å². The number of amides is 1. The summed E-state index contributed by atoms with van der Waals surface area (Å²) in [5, 5.41) is 2.55. The van der Waals surface area contributed by atoms with Gasteiger partial charge in [-0.1, -0.05) is 12.1 Å². The van der Waals surface area contributed by atoms with Gasteiger partial charge in [0, 0.05) is 17.1 Å². The van der Waals surface area contributed by atoms with E-state index in [2.05, 4.69) is 10.3 Å². The zero-order valence-electron chi connectivity index (χ0n) is 13.5. The lowest BCUT2D eigenvalue weighted by molar-refractivity contribution is -0.137. The fourth-order valence-corrected chi connectivity index (χ4v) is 2.50. The zero-order valence-corrected chi connectivity index (χ0v) is 13.5. The summed E-state index contributed by atoms with van der Waals surface area (Å²) < 4.78 is 43.4. The minimum absolute atomic E-state index is 0.00123. The number of carbonyl (C=O) groups is 1. The van der Waals surface area contributed by atoms with E-state index in [9.17, 15) is 22.8 Å². The van der Waals surface area contributed by atoms with Crippen molar-refractivity contribution >= 4 is 22.5 Å². The molecule has 0 bridgehead atoms. The highest BCUT2D eigenvalue weighted by molar-refractivity contribution is 6.06. The summed E-state index contributed by atoms with van der Waals surface area (Å²) in [7, 11) is 1.44. The van der Waals surface area contributed by atoms with Gasteiger partial charge in [0.25, 0.3) is 5.91 Å². The molecule has 0 aliphatic carbocycles. The highest BCUT2D eigenvalue weighted by Crippen LogP contribution is 2.30. The van der Waals surface area contributed by atoms with Gasteiger partial charge in [0.2, 0.25) is 5.43 Å². The Morgan fingerprint density at radius 2 is 1.88 bits per heavy atom. The smallest absolute Gasteiger partial charge is 0.416 e. The number of anilines is 1. The number of methoxy groups -OCH3 is 1. The fourth-order valence-electron chi connectivity index (χ4n) is 2.50. The van der Waals surface area contributed by atoms with Crippen LogP contribution in [-0.4, -0.2) is 18.0 Å². The maximum Gasteiger partial charge on any atom is 0.416 e. The highest BCUT2D eigenvalue weighted by Gasteiger charge is 2.30. The second kappa shape index (κ2) is 6.55. The number of alkyl halides is 3. The van der Waals surface area contributed by atoms with Crippen molar-refractivity contribution in [2.75, 3.05) is 12.4 Å². The number of fused-ring (bicyclic) bond motifs is 1. The fraction of sp³-hybridized carbons (Fsp3) is 0.111. The number of rotatable bonds is 3. The maximum atomic E-state index is 12.8. The molecule has 0 atom stereocenters. The lowest BCUT2D eigenvalue weighted by Crippen LogP contribution is -2.22. The van der Waals surface area contributed by atoms with E-state index in [1.54, 1.807) is 24.3 Å². The van der Waals surface area contributed by atoms with Gasteiger partial charge in [0.05, 0.1) is 18.4 Å². The first-order chi connectivity index (χ1) is 12.3. The van der Waals surface area contributed by atoms with Crippen molar-refractivity contribution in [3.8, 4) is 5.75 Å². The van der Waals surface area contributed by atoms with Crippen molar-refractivity contribution in [1.82, 2.24) is 4.98 Å². The van der Waals surface area contributed by atoms with Crippen molar-refractivity contribution < 1.29 is 22.7 Å². The summed E-state index contributed by atoms with van der Waals surface area (Å²) in [6.45, 7) is 0. The van der Waals surface area contributed by atoms with Gasteiger partial charge in [-0.3, -0.25) is 9.59 Å². The van der Waals surface area contributed by atoms with E-state index in [0.717, 1.165) is 24.4 Å². The zero-order chi connectivity index (χ0) is 18.9. The molecule has 1 heterocycles. The Labute approximate surface area is 145 Å². The molecule has 0 unspecified atom stereocenters. The molecule has 0 saturated heterocycles. The first-order valence-electron chi connectivity index (χ1n) is 7.48. The second-order valence-electron chi connectivity index (χ2n) is 5.44. The molecule has 1 amide bonds. The molecule has 0 saturated carbocycles. The van der Waals surface area contributed by atoms with Gasteiger partial charge in [-0.2, -0.15) is 13.2 Å². The topological polar surface area (TPSA) is 71.2 Å². The number of aromatic nitrogens is 1. The molecular formula is C18H13F3N2O3. The highest BCUT2D eigenvalue weighted by atomic mass is 19.4. The predicted molar refractivity (Wildman–Crippen MR) is 90.5 cm³/mol. The van der Waals surface area contributed by atoms with Crippen molar-refractivity contribution in [3.63, 3.8) is 0 Å². The average Bonchev–Trinajstić information content (AvgIpc) is 2.61. The number of carbonyl (C=O) groups excluding carboxylic acids is 1. The molecule has 0 fully saturated rings. The first-order valence-corrected chi connectivity index (χ1v) is 7.48. The molecule has 5 nitrogen and oxygen atoms in total. The third-order valence-electron chi connectivity index (χ3n) is 3.81. The number of hydrogen-bond acceptors (Lipinski definition) is 3. The molecule has 0 aliphatic heterocycles. The normalized spacial score (nSPS) is 11.4. The van der Waals surface area contributed by atoms with Crippen molar-refractivity contribution in [2.24, 2.45) is 0 Å². The first kappa shape index (κ1) is 17.5. The Morgan fingerprint density at radius 1 is 1.15 bits per heavy atom. The van der Waals surface area contributed by atoms with Crippen LogP contribution < -0.4 is 15.5 Å². The molecule has 3 rings (SSSR count). The lowest BCUT2D eigenvalue weighted by Gasteiger charge is -2.10. The number of hydrogen-bond donors (Lipinski definition) is 2. The van der Waals surface area contributed by atoms with Crippen LogP contribution in [0, 0.1) is 0 Å². The van der Waals surface area contributed by atoms with E-state index in [4.69, 9.17) is 4.74 Å². The minimum Gasteiger partial charge on any atom is -0.495 e. The molecule has 8 heteroatoms. The van der Waals surface area contributed by atoms with Gasteiger partial charge in [-0.05, 0) is 30.3 Å². The Morgan fingerprint density at radius 3 is 2.58 bits per heavy atom. The molecule has 1 aromatic heterocycles. The number of pyridine rings is 1. The molecule has 0 aliphatic rings. The number of halogens is 3. The van der Waals surface area contributed by atoms with Crippen molar-refractivity contribution in [1.29, 1.82) is 0 Å². The molecule has 0 radical (unpaired) electrons. The Kier molecular flexibility index (Phi) is 4.41. The lowest BCUT2D eigenvalue weighted by atomic mass is 10.1. The van der Waals surface area contributed by atoms with Gasteiger partial charge in [-0.25, -0.2) is 0 Å². The van der Waals surface area contributed by atoms with Crippen LogP contribution in [0.5, 0.6) is 5.75 Å². The molecule has 0 spiro atoms. The van der Waals surface area contributed by atoms with Crippen LogP contribution in [0.15, 0.2) is 53.5 Å². The SMILES string of the molecule is COc1ccccc1NC(=O)c1c[nH]c2cc(C(F)(F)F)ccc2c1=O. The van der Waals surface area contributed by atoms with E-state index in [1.165, 1.54) is 7.11 Å². The number of benzene rings is 2. The molecule has 2 aromatic carbocycles. The molecular weight excluding hydrogens is 349 g/mol. The Balaban J connectivity index is 1.99. The van der Waals surface area contributed by atoms with Gasteiger partial charge in [0.1, 0.15) is 11.3 Å². The third kappa shape index (κ3) is 3.26. The third-order valence-corrected chi connectivity index (χ3v) is 3.81. The summed E-state index contributed by atoms with van der Waals surface area (Å²) in [5.74, 6) is -0.287. The quantitative estimate of drug-likeness (QED) is 0.744. The minimum atomic E-state index is -4.52. The second-order valence-corrected chi connectivity index (χ2v) is 5.44. The van der Waals surface area contributed by atoms with Gasteiger partial charge in [-0.15, -0.1) is 0 Å². The summed E-state index contributed by atoms with van der Waals surface area (Å²) in [6, 6.07) is 9.33. The van der Waals surface area contributed by atoms with Crippen LogP contribution in [-0.2, 0) is 6.18 Å². The maximum absolute atomic E-state index is 12.8. The number of ether oxygens (including phenoxy) is 1. The number of para-hydroxylation sites is 2. The van der Waals surface area contributed by atoms with Crippen LogP contribution in [0.4, 0.5) is 18.9 Å². The monoisotopic (exact) mass is 362 g/mol. The van der Waals surface area contributed by atoms with Crippen LogP contribution in [0.25, 0.3) is 10.9 Å². The Bertz CT molecular complexity index is 1040. The van der Waals surface area contributed by atoms with Crippen LogP contribution in [0.1, 0.15) is 15.9 Å². The van der Waals surface area contributed by atoms with Gasteiger partial charge >= 0.3 is 6.18 Å². The summed E-state index contributed by atoms with van der Waals surface area (Å²) in [4.78, 5) is 27.5. The predicted octanol–water partition coefficient (Wildman–Crippen LogP) is 3.81. The number of H-pyrrole nitrogens is 1. The van der Waals surface area contributed by atoms with Crippen LogP contribution in [0.2, 0.25) is 0 Å². The van der Waals surface area contributed by atoms with E-state index in [-0.39, 0.29) is 16.5 Å². The van der Waals surface area contributed by atoms with Crippen molar-refractivity contribution in [2.45, 2.75) is 6.18 Å². The number of nitrogens with one attached hydrogen (secondary N) is 2. The number of aromatic amines is 1. The molecule has 3 aromatic rings. The average molecular weight is 362 g/mol. The van der Waals surface area contributed by atoms with Gasteiger partial charge in [0.15, 0.2) is 0 Å². The molecule has 26 heavy (non-hydrogen) atoms. The standard InChI is InChI=1S/C18H13F3N2O3/c1-26-15-5-3-2-4-13(15)23-17(25)12-9-22-14-8-10(18(19,20)21)6-7-11(14)16(12)24/h2-9H,1H3,(H,22,24)(H,23,25).